The molecule has 0 radical (unpaired) electrons. The van der Waals surface area contributed by atoms with Gasteiger partial charge >= 0.3 is 6.01 Å². The number of hydrogen-bond acceptors (Lipinski definition) is 5. The quantitative estimate of drug-likeness (QED) is 0.365. The highest BCUT2D eigenvalue weighted by Gasteiger charge is 2.06. The molecular formula is C24H21N5O2. The highest BCUT2D eigenvalue weighted by atomic mass is 16.5. The van der Waals surface area contributed by atoms with Crippen LogP contribution in [0.2, 0.25) is 0 Å². The Balaban J connectivity index is 1.50. The third-order valence-electron chi connectivity index (χ3n) is 4.63. The van der Waals surface area contributed by atoms with E-state index in [1.165, 1.54) is 11.8 Å². The Morgan fingerprint density at radius 3 is 2.84 bits per heavy atom. The first-order chi connectivity index (χ1) is 15.1. The van der Waals surface area contributed by atoms with Crippen LogP contribution in [-0.2, 0) is 6.54 Å². The van der Waals surface area contributed by atoms with Crippen molar-refractivity contribution in [3.05, 3.63) is 113 Å². The number of fused-ring (bicyclic) bond motifs is 1. The molecule has 3 aromatic heterocycles. The maximum Gasteiger partial charge on any atom is 0.302 e. The molecule has 0 saturated heterocycles. The summed E-state index contributed by atoms with van der Waals surface area (Å²) in [5, 5.41) is 5.08. The molecule has 1 aromatic carbocycles. The largest absolute Gasteiger partial charge is 0.426 e. The van der Waals surface area contributed by atoms with E-state index in [-0.39, 0.29) is 11.6 Å². The highest BCUT2D eigenvalue weighted by Crippen LogP contribution is 2.15. The molecule has 0 aliphatic heterocycles. The maximum absolute atomic E-state index is 12.2. The van der Waals surface area contributed by atoms with E-state index < -0.39 is 0 Å². The maximum atomic E-state index is 12.2. The van der Waals surface area contributed by atoms with Crippen LogP contribution in [0.1, 0.15) is 18.2 Å². The monoisotopic (exact) mass is 411 g/mol. The van der Waals surface area contributed by atoms with Crippen molar-refractivity contribution in [3.8, 4) is 6.01 Å². The van der Waals surface area contributed by atoms with Gasteiger partial charge in [-0.05, 0) is 42.3 Å². The van der Waals surface area contributed by atoms with Crippen LogP contribution in [0.15, 0.2) is 96.4 Å². The standard InChI is InChI=1S/C24H21N5O2/c1-3-19(31-24-26-22-15-25-13-11-20(22)23(30)27-24)10-9-17(2)21-12-14-29(28-21)16-18-7-5-4-6-8-18/h3-15H,1,16H2,2H3,(H,26,27,30)/b17-9+,19-10+. The van der Waals surface area contributed by atoms with Crippen molar-refractivity contribution >= 4 is 16.5 Å². The van der Waals surface area contributed by atoms with Gasteiger partial charge in [0.1, 0.15) is 5.76 Å². The van der Waals surface area contributed by atoms with E-state index in [9.17, 15) is 4.79 Å². The van der Waals surface area contributed by atoms with Crippen molar-refractivity contribution < 1.29 is 4.74 Å². The predicted octanol–water partition coefficient (Wildman–Crippen LogP) is 4.12. The Morgan fingerprint density at radius 2 is 2.03 bits per heavy atom. The van der Waals surface area contributed by atoms with Crippen molar-refractivity contribution in [2.45, 2.75) is 13.5 Å². The summed E-state index contributed by atoms with van der Waals surface area (Å²) in [6.45, 7) is 6.44. The number of benzene rings is 1. The van der Waals surface area contributed by atoms with Gasteiger partial charge in [0.2, 0.25) is 0 Å². The molecule has 31 heavy (non-hydrogen) atoms. The van der Waals surface area contributed by atoms with Gasteiger partial charge < -0.3 is 4.74 Å². The van der Waals surface area contributed by atoms with Crippen LogP contribution in [0.3, 0.4) is 0 Å². The number of aromatic nitrogens is 5. The molecule has 7 nitrogen and oxygen atoms in total. The van der Waals surface area contributed by atoms with Crippen molar-refractivity contribution in [1.29, 1.82) is 0 Å². The minimum absolute atomic E-state index is 0.0786. The number of hydrogen-bond donors (Lipinski definition) is 1. The van der Waals surface area contributed by atoms with Gasteiger partial charge in [-0.15, -0.1) is 0 Å². The number of allylic oxidation sites excluding steroid dienone is 4. The average molecular weight is 411 g/mol. The second-order valence-electron chi connectivity index (χ2n) is 6.87. The molecule has 0 unspecified atom stereocenters. The summed E-state index contributed by atoms with van der Waals surface area (Å²) in [4.78, 5) is 23.1. The zero-order chi connectivity index (χ0) is 21.6. The molecular weight excluding hydrogens is 390 g/mol. The minimum atomic E-state index is -0.290. The average Bonchev–Trinajstić information content (AvgIpc) is 3.25. The molecule has 1 N–H and O–H groups in total. The van der Waals surface area contributed by atoms with E-state index in [0.29, 0.717) is 23.2 Å². The van der Waals surface area contributed by atoms with Gasteiger partial charge in [0, 0.05) is 12.4 Å². The van der Waals surface area contributed by atoms with E-state index >= 15 is 0 Å². The fourth-order valence-corrected chi connectivity index (χ4v) is 3.00. The summed E-state index contributed by atoms with van der Waals surface area (Å²) in [6.07, 6.45) is 10.2. The van der Waals surface area contributed by atoms with Gasteiger partial charge in [-0.2, -0.15) is 10.1 Å². The lowest BCUT2D eigenvalue weighted by Crippen LogP contribution is -2.10. The van der Waals surface area contributed by atoms with Crippen molar-refractivity contribution in [3.63, 3.8) is 0 Å². The van der Waals surface area contributed by atoms with Crippen LogP contribution >= 0.6 is 0 Å². The van der Waals surface area contributed by atoms with Crippen LogP contribution < -0.4 is 10.3 Å². The minimum Gasteiger partial charge on any atom is -0.426 e. The Bertz CT molecular complexity index is 1330. The van der Waals surface area contributed by atoms with Crippen LogP contribution in [-0.4, -0.2) is 24.7 Å². The third-order valence-corrected chi connectivity index (χ3v) is 4.63. The smallest absolute Gasteiger partial charge is 0.302 e. The predicted molar refractivity (Wildman–Crippen MR) is 120 cm³/mol. The molecule has 0 aliphatic rings. The molecule has 4 rings (SSSR count). The summed E-state index contributed by atoms with van der Waals surface area (Å²) in [5.74, 6) is 0.439. The molecule has 4 aromatic rings. The zero-order valence-corrected chi connectivity index (χ0v) is 17.0. The van der Waals surface area contributed by atoms with E-state index in [1.807, 2.05) is 48.1 Å². The first-order valence-electron chi connectivity index (χ1n) is 9.73. The van der Waals surface area contributed by atoms with Crippen LogP contribution in [0, 0.1) is 0 Å². The molecule has 0 atom stereocenters. The van der Waals surface area contributed by atoms with Crippen molar-refractivity contribution in [2.24, 2.45) is 0 Å². The van der Waals surface area contributed by atoms with Gasteiger partial charge in [-0.3, -0.25) is 19.4 Å². The van der Waals surface area contributed by atoms with Gasteiger partial charge in [0.05, 0.1) is 29.3 Å². The fraction of sp³-hybridized carbons (Fsp3) is 0.0833. The summed E-state index contributed by atoms with van der Waals surface area (Å²) in [5.41, 5.74) is 3.17. The number of rotatable bonds is 7. The molecule has 0 aliphatic carbocycles. The lowest BCUT2D eigenvalue weighted by molar-refractivity contribution is 0.408. The van der Waals surface area contributed by atoms with Crippen LogP contribution in [0.4, 0.5) is 0 Å². The van der Waals surface area contributed by atoms with E-state index in [4.69, 9.17) is 4.74 Å². The van der Waals surface area contributed by atoms with Crippen molar-refractivity contribution in [1.82, 2.24) is 24.7 Å². The van der Waals surface area contributed by atoms with Gasteiger partial charge in [0.25, 0.3) is 5.56 Å². The van der Waals surface area contributed by atoms with Crippen LogP contribution in [0.25, 0.3) is 16.5 Å². The highest BCUT2D eigenvalue weighted by molar-refractivity contribution is 5.76. The SMILES string of the molecule is C=C/C(=C\C=C(/C)c1ccn(Cc2ccccc2)n1)Oc1nc2cnccc2c(=O)[nH]1. The number of H-pyrrole nitrogens is 1. The molecule has 0 bridgehead atoms. The number of ether oxygens (including phenoxy) is 1. The van der Waals surface area contributed by atoms with Gasteiger partial charge in [-0.1, -0.05) is 43.0 Å². The first kappa shape index (κ1) is 20.0. The summed E-state index contributed by atoms with van der Waals surface area (Å²) in [6, 6.07) is 13.8. The number of nitrogens with one attached hydrogen (secondary N) is 1. The number of nitrogens with zero attached hydrogens (tertiary/aromatic N) is 4. The molecule has 0 fully saturated rings. The molecule has 154 valence electrons. The molecule has 0 spiro atoms. The van der Waals surface area contributed by atoms with Crippen molar-refractivity contribution in [2.75, 3.05) is 0 Å². The Kier molecular flexibility index (Phi) is 5.84. The summed E-state index contributed by atoms with van der Waals surface area (Å²) < 4.78 is 7.60. The zero-order valence-electron chi connectivity index (χ0n) is 17.0. The molecule has 0 saturated carbocycles. The summed E-state index contributed by atoms with van der Waals surface area (Å²) in [7, 11) is 0. The van der Waals surface area contributed by atoms with E-state index in [0.717, 1.165) is 11.3 Å². The molecule has 0 amide bonds. The van der Waals surface area contributed by atoms with E-state index in [2.05, 4.69) is 38.8 Å². The summed E-state index contributed by atoms with van der Waals surface area (Å²) >= 11 is 0. The first-order valence-corrected chi connectivity index (χ1v) is 9.73. The lowest BCUT2D eigenvalue weighted by atomic mass is 10.2. The molecule has 3 heterocycles. The Hall–Kier alpha value is -4.26. The Morgan fingerprint density at radius 1 is 1.19 bits per heavy atom. The number of pyridine rings is 1. The second kappa shape index (κ2) is 9.04. The topological polar surface area (TPSA) is 85.7 Å². The lowest BCUT2D eigenvalue weighted by Gasteiger charge is -2.05. The third kappa shape index (κ3) is 4.84. The van der Waals surface area contributed by atoms with Gasteiger partial charge in [0.15, 0.2) is 0 Å². The fourth-order valence-electron chi connectivity index (χ4n) is 3.00. The number of aromatic amines is 1. The normalized spacial score (nSPS) is 12.2. The van der Waals surface area contributed by atoms with Gasteiger partial charge in [-0.25, -0.2) is 0 Å². The molecule has 7 heteroatoms. The van der Waals surface area contributed by atoms with Crippen LogP contribution in [0.5, 0.6) is 6.01 Å². The second-order valence-corrected chi connectivity index (χ2v) is 6.87. The Labute approximate surface area is 179 Å². The van der Waals surface area contributed by atoms with E-state index in [1.54, 1.807) is 24.4 Å².